The van der Waals surface area contributed by atoms with Gasteiger partial charge in [-0.2, -0.15) is 5.10 Å². The Balaban J connectivity index is 1.37. The maximum Gasteiger partial charge on any atom is 0.271 e. The van der Waals surface area contributed by atoms with Gasteiger partial charge in [0.25, 0.3) is 5.91 Å². The van der Waals surface area contributed by atoms with Crippen LogP contribution in [0.5, 0.6) is 0 Å². The Kier molecular flexibility index (Phi) is 5.66. The Morgan fingerprint density at radius 3 is 3.21 bits per heavy atom. The number of amides is 1. The molecule has 7 nitrogen and oxygen atoms in total. The topological polar surface area (TPSA) is 94.4 Å². The number of aliphatic hydroxyl groups excluding tert-OH is 1. The van der Waals surface area contributed by atoms with Gasteiger partial charge < -0.3 is 14.8 Å². The van der Waals surface area contributed by atoms with Gasteiger partial charge in [0.05, 0.1) is 12.9 Å². The van der Waals surface area contributed by atoms with Crippen LogP contribution in [0.15, 0.2) is 28.9 Å². The largest absolute Gasteiger partial charge is 0.463 e. The highest BCUT2D eigenvalue weighted by atomic mass is 16.3. The van der Waals surface area contributed by atoms with E-state index < -0.39 is 0 Å². The summed E-state index contributed by atoms with van der Waals surface area (Å²) in [6.07, 6.45) is 5.76. The van der Waals surface area contributed by atoms with Gasteiger partial charge in [0.2, 0.25) is 0 Å². The summed E-state index contributed by atoms with van der Waals surface area (Å²) in [5.41, 5.74) is 1.05. The molecule has 3 N–H and O–H groups in total. The van der Waals surface area contributed by atoms with E-state index in [0.717, 1.165) is 32.4 Å². The molecule has 0 saturated carbocycles. The zero-order chi connectivity index (χ0) is 16.8. The number of likely N-dealkylation sites (tertiary alicyclic amines) is 1. The zero-order valence-electron chi connectivity index (χ0n) is 13.7. The summed E-state index contributed by atoms with van der Waals surface area (Å²) in [7, 11) is 0. The van der Waals surface area contributed by atoms with Gasteiger partial charge in [-0.1, -0.05) is 0 Å². The van der Waals surface area contributed by atoms with Crippen LogP contribution in [-0.2, 0) is 0 Å². The maximum absolute atomic E-state index is 12.1. The van der Waals surface area contributed by atoms with E-state index in [1.165, 1.54) is 6.42 Å². The molecule has 0 spiro atoms. The fourth-order valence-corrected chi connectivity index (χ4v) is 3.12. The van der Waals surface area contributed by atoms with Crippen molar-refractivity contribution in [3.05, 3.63) is 30.2 Å². The molecule has 0 radical (unpaired) electrons. The van der Waals surface area contributed by atoms with E-state index in [1.807, 2.05) is 6.07 Å². The minimum Gasteiger partial charge on any atom is -0.463 e. The fourth-order valence-electron chi connectivity index (χ4n) is 3.12. The number of furan rings is 1. The Labute approximate surface area is 141 Å². The molecule has 3 rings (SSSR count). The van der Waals surface area contributed by atoms with E-state index >= 15 is 0 Å². The maximum atomic E-state index is 12.1. The lowest BCUT2D eigenvalue weighted by atomic mass is 10.2. The number of aliphatic hydroxyl groups is 1. The number of nitrogens with one attached hydrogen (secondary N) is 2. The molecule has 2 aromatic rings. The highest BCUT2D eigenvalue weighted by Crippen LogP contribution is 2.18. The van der Waals surface area contributed by atoms with Crippen LogP contribution in [-0.4, -0.2) is 58.4 Å². The summed E-state index contributed by atoms with van der Waals surface area (Å²) < 4.78 is 5.27. The molecule has 0 aliphatic carbocycles. The van der Waals surface area contributed by atoms with Crippen molar-refractivity contribution in [1.82, 2.24) is 20.4 Å². The lowest BCUT2D eigenvalue weighted by Gasteiger charge is -2.22. The van der Waals surface area contributed by atoms with Crippen molar-refractivity contribution < 1.29 is 14.3 Å². The number of hydrogen-bond donors (Lipinski definition) is 3. The average molecular weight is 332 g/mol. The predicted molar refractivity (Wildman–Crippen MR) is 89.5 cm³/mol. The lowest BCUT2D eigenvalue weighted by molar-refractivity contribution is 0.0947. The van der Waals surface area contributed by atoms with E-state index in [2.05, 4.69) is 20.4 Å². The molecule has 1 unspecified atom stereocenters. The number of H-pyrrole nitrogens is 1. The highest BCUT2D eigenvalue weighted by Gasteiger charge is 2.22. The van der Waals surface area contributed by atoms with Gasteiger partial charge in [0, 0.05) is 18.7 Å². The molecule has 1 aliphatic heterocycles. The van der Waals surface area contributed by atoms with Crippen LogP contribution in [0.3, 0.4) is 0 Å². The minimum absolute atomic E-state index is 0.182. The second kappa shape index (κ2) is 8.12. The molecule has 7 heteroatoms. The average Bonchev–Trinajstić information content (AvgIpc) is 3.33. The van der Waals surface area contributed by atoms with Crippen molar-refractivity contribution in [1.29, 1.82) is 0 Å². The first-order valence-electron chi connectivity index (χ1n) is 8.50. The van der Waals surface area contributed by atoms with Crippen LogP contribution >= 0.6 is 0 Å². The smallest absolute Gasteiger partial charge is 0.271 e. The summed E-state index contributed by atoms with van der Waals surface area (Å²) in [6.45, 7) is 2.92. The van der Waals surface area contributed by atoms with Crippen LogP contribution in [0, 0.1) is 0 Å². The van der Waals surface area contributed by atoms with Gasteiger partial charge in [-0.05, 0) is 50.9 Å². The Morgan fingerprint density at radius 2 is 2.42 bits per heavy atom. The molecule has 1 amide bonds. The van der Waals surface area contributed by atoms with Gasteiger partial charge in [0.1, 0.15) is 5.69 Å². The molecular weight excluding hydrogens is 308 g/mol. The molecule has 1 aliphatic rings. The Bertz CT molecular complexity index is 638. The third-order valence-electron chi connectivity index (χ3n) is 4.46. The first-order chi connectivity index (χ1) is 11.8. The summed E-state index contributed by atoms with van der Waals surface area (Å²) in [5.74, 6) is 0.476. The first-order valence-corrected chi connectivity index (χ1v) is 8.50. The minimum atomic E-state index is -0.182. The van der Waals surface area contributed by atoms with Crippen LogP contribution in [0.1, 0.15) is 36.2 Å². The summed E-state index contributed by atoms with van der Waals surface area (Å²) >= 11 is 0. The molecular formula is C17H24N4O3. The van der Waals surface area contributed by atoms with Crippen molar-refractivity contribution >= 4 is 5.91 Å². The number of unbranched alkanes of at least 4 members (excludes halogenated alkanes) is 1. The van der Waals surface area contributed by atoms with Gasteiger partial charge in [-0.3, -0.25) is 14.8 Å². The number of carbonyl (C=O) groups is 1. The quantitative estimate of drug-likeness (QED) is 0.639. The molecule has 24 heavy (non-hydrogen) atoms. The third-order valence-corrected chi connectivity index (χ3v) is 4.46. The summed E-state index contributed by atoms with van der Waals surface area (Å²) in [5, 5.41) is 19.0. The molecule has 1 atom stereocenters. The Morgan fingerprint density at radius 1 is 1.50 bits per heavy atom. The van der Waals surface area contributed by atoms with E-state index in [1.54, 1.807) is 18.4 Å². The number of rotatable bonds is 8. The van der Waals surface area contributed by atoms with Gasteiger partial charge in [-0.25, -0.2) is 0 Å². The standard InChI is InChI=1S/C17H24N4O3/c22-12-13-5-3-9-21(13)8-2-1-7-18-17(23)15-11-14(19-20-15)16-6-4-10-24-16/h4,6,10-11,13,22H,1-3,5,7-9,12H2,(H,18,23)(H,19,20). The lowest BCUT2D eigenvalue weighted by Crippen LogP contribution is -2.33. The number of aromatic amines is 1. The summed E-state index contributed by atoms with van der Waals surface area (Å²) in [6, 6.07) is 5.61. The SMILES string of the molecule is O=C(NCCCCN1CCCC1CO)c1cc(-c2ccco2)[nH]n1. The van der Waals surface area contributed by atoms with Crippen LogP contribution in [0.4, 0.5) is 0 Å². The number of nitrogens with zero attached hydrogens (tertiary/aromatic N) is 2. The van der Waals surface area contributed by atoms with Crippen LogP contribution in [0.25, 0.3) is 11.5 Å². The predicted octanol–water partition coefficient (Wildman–Crippen LogP) is 1.64. The van der Waals surface area contributed by atoms with Crippen LogP contribution in [0.2, 0.25) is 0 Å². The van der Waals surface area contributed by atoms with E-state index in [9.17, 15) is 9.90 Å². The monoisotopic (exact) mass is 332 g/mol. The molecule has 2 aromatic heterocycles. The second-order valence-electron chi connectivity index (χ2n) is 6.12. The second-order valence-corrected chi connectivity index (χ2v) is 6.12. The van der Waals surface area contributed by atoms with Crippen molar-refractivity contribution in [3.8, 4) is 11.5 Å². The van der Waals surface area contributed by atoms with Crippen LogP contribution < -0.4 is 5.32 Å². The molecule has 1 saturated heterocycles. The van der Waals surface area contributed by atoms with E-state index in [-0.39, 0.29) is 12.5 Å². The van der Waals surface area contributed by atoms with Crippen molar-refractivity contribution in [2.75, 3.05) is 26.2 Å². The van der Waals surface area contributed by atoms with E-state index in [4.69, 9.17) is 4.42 Å². The number of aromatic nitrogens is 2. The number of carbonyl (C=O) groups excluding carboxylic acids is 1. The molecule has 3 heterocycles. The number of hydrogen-bond acceptors (Lipinski definition) is 5. The Hall–Kier alpha value is -2.12. The first kappa shape index (κ1) is 16.7. The van der Waals surface area contributed by atoms with E-state index in [0.29, 0.717) is 29.7 Å². The molecule has 0 bridgehead atoms. The molecule has 130 valence electrons. The molecule has 1 fully saturated rings. The molecule has 0 aromatic carbocycles. The zero-order valence-corrected chi connectivity index (χ0v) is 13.7. The van der Waals surface area contributed by atoms with Crippen molar-refractivity contribution in [3.63, 3.8) is 0 Å². The fraction of sp³-hybridized carbons (Fsp3) is 0.529. The summed E-state index contributed by atoms with van der Waals surface area (Å²) in [4.78, 5) is 14.4. The van der Waals surface area contributed by atoms with Crippen molar-refractivity contribution in [2.24, 2.45) is 0 Å². The third kappa shape index (κ3) is 4.04. The van der Waals surface area contributed by atoms with Gasteiger partial charge in [0.15, 0.2) is 11.5 Å². The van der Waals surface area contributed by atoms with Gasteiger partial charge in [-0.15, -0.1) is 0 Å². The normalized spacial score (nSPS) is 18.1. The highest BCUT2D eigenvalue weighted by molar-refractivity contribution is 5.93. The van der Waals surface area contributed by atoms with Crippen molar-refractivity contribution in [2.45, 2.75) is 31.7 Å². The van der Waals surface area contributed by atoms with Gasteiger partial charge >= 0.3 is 0 Å².